The van der Waals surface area contributed by atoms with Gasteiger partial charge in [0.1, 0.15) is 0 Å². The van der Waals surface area contributed by atoms with Crippen LogP contribution in [0.25, 0.3) is 6.08 Å². The van der Waals surface area contributed by atoms with Crippen LogP contribution < -0.4 is 5.43 Å². The van der Waals surface area contributed by atoms with E-state index in [-0.39, 0.29) is 10.8 Å². The first-order chi connectivity index (χ1) is 10.9. The van der Waals surface area contributed by atoms with Crippen LogP contribution in [0, 0.1) is 0 Å². The lowest BCUT2D eigenvalue weighted by Crippen LogP contribution is -2.06. The number of rotatable bonds is 4. The lowest BCUT2D eigenvalue weighted by Gasteiger charge is -2.08. The summed E-state index contributed by atoms with van der Waals surface area (Å²) in [5.74, 6) is 0.0000874. The topological polar surface area (TPSA) is 37.3 Å². The minimum absolute atomic E-state index is 0.0000874. The summed E-state index contributed by atoms with van der Waals surface area (Å²) in [6, 6.07) is 10.1. The van der Waals surface area contributed by atoms with E-state index >= 15 is 0 Å². The third-order valence-electron chi connectivity index (χ3n) is 2.63. The molecule has 0 atom stereocenters. The van der Waals surface area contributed by atoms with Crippen LogP contribution in [0.4, 0.5) is 19.0 Å². The second-order valence-corrected chi connectivity index (χ2v) is 5.21. The number of anilines is 1. The Labute approximate surface area is 140 Å². The molecule has 1 aromatic carbocycles. The summed E-state index contributed by atoms with van der Waals surface area (Å²) >= 11 is 11.7. The fourth-order valence-electron chi connectivity index (χ4n) is 1.58. The standard InChI is InChI=1S/C15H10Cl2F3N3/c16-12(6-10-4-2-1-3-5-10)9-22-23-14-13(17)7-11(8-21-14)15(18,19)20/h1-9H,(H,21,23)/b12-6-,22-9+. The maximum atomic E-state index is 12.5. The van der Waals surface area contributed by atoms with Crippen LogP contribution >= 0.6 is 23.2 Å². The Morgan fingerprint density at radius 1 is 1.22 bits per heavy atom. The summed E-state index contributed by atoms with van der Waals surface area (Å²) in [6.07, 6.45) is -0.857. The molecule has 1 heterocycles. The number of halogens is 5. The predicted octanol–water partition coefficient (Wildman–Crippen LogP) is 5.43. The third kappa shape index (κ3) is 5.26. The Balaban J connectivity index is 2.04. The number of aromatic nitrogens is 1. The first kappa shape index (κ1) is 17.3. The molecule has 8 heteroatoms. The first-order valence-corrected chi connectivity index (χ1v) is 7.06. The lowest BCUT2D eigenvalue weighted by molar-refractivity contribution is -0.137. The Morgan fingerprint density at radius 3 is 2.52 bits per heavy atom. The quantitative estimate of drug-likeness (QED) is 0.583. The highest BCUT2D eigenvalue weighted by molar-refractivity contribution is 6.41. The minimum atomic E-state index is -4.50. The van der Waals surface area contributed by atoms with Gasteiger partial charge in [0.15, 0.2) is 5.82 Å². The van der Waals surface area contributed by atoms with Crippen molar-refractivity contribution in [2.24, 2.45) is 5.10 Å². The van der Waals surface area contributed by atoms with E-state index in [9.17, 15) is 13.2 Å². The van der Waals surface area contributed by atoms with Gasteiger partial charge in [-0.15, -0.1) is 0 Å². The van der Waals surface area contributed by atoms with Crippen LogP contribution in [0.5, 0.6) is 0 Å². The number of benzene rings is 1. The van der Waals surface area contributed by atoms with E-state index in [1.165, 1.54) is 6.21 Å². The number of allylic oxidation sites excluding steroid dienone is 1. The van der Waals surface area contributed by atoms with Crippen LogP contribution in [0.1, 0.15) is 11.1 Å². The van der Waals surface area contributed by atoms with E-state index in [1.807, 2.05) is 30.3 Å². The monoisotopic (exact) mass is 359 g/mol. The fraction of sp³-hybridized carbons (Fsp3) is 0.0667. The van der Waals surface area contributed by atoms with Crippen molar-refractivity contribution in [3.8, 4) is 0 Å². The molecule has 0 aliphatic carbocycles. The number of hydrazone groups is 1. The smallest absolute Gasteiger partial charge is 0.260 e. The maximum Gasteiger partial charge on any atom is 0.417 e. The molecule has 2 rings (SSSR count). The molecule has 120 valence electrons. The fourth-order valence-corrected chi connectivity index (χ4v) is 1.96. The first-order valence-electron chi connectivity index (χ1n) is 6.30. The highest BCUT2D eigenvalue weighted by Crippen LogP contribution is 2.32. The van der Waals surface area contributed by atoms with Crippen LogP contribution in [-0.2, 0) is 6.18 Å². The highest BCUT2D eigenvalue weighted by atomic mass is 35.5. The summed E-state index contributed by atoms with van der Waals surface area (Å²) in [5, 5.41) is 3.92. The van der Waals surface area contributed by atoms with E-state index in [2.05, 4.69) is 15.5 Å². The summed E-state index contributed by atoms with van der Waals surface area (Å²) in [4.78, 5) is 3.59. The van der Waals surface area contributed by atoms with Gasteiger partial charge in [0.25, 0.3) is 0 Å². The summed E-state index contributed by atoms with van der Waals surface area (Å²) in [6.45, 7) is 0. The van der Waals surface area contributed by atoms with Gasteiger partial charge >= 0.3 is 6.18 Å². The molecule has 3 nitrogen and oxygen atoms in total. The van der Waals surface area contributed by atoms with Crippen molar-refractivity contribution in [2.75, 3.05) is 5.43 Å². The van der Waals surface area contributed by atoms with E-state index in [0.717, 1.165) is 11.6 Å². The van der Waals surface area contributed by atoms with Crippen LogP contribution in [-0.4, -0.2) is 11.2 Å². The number of hydrogen-bond donors (Lipinski definition) is 1. The number of nitrogens with one attached hydrogen (secondary N) is 1. The van der Waals surface area contributed by atoms with Gasteiger partial charge < -0.3 is 0 Å². The SMILES string of the molecule is FC(F)(F)c1cnc(N/N=C/C(Cl)=C/c2ccccc2)c(Cl)c1. The van der Waals surface area contributed by atoms with Crippen LogP contribution in [0.15, 0.2) is 52.7 Å². The zero-order valence-corrected chi connectivity index (χ0v) is 13.0. The third-order valence-corrected chi connectivity index (χ3v) is 3.13. The summed E-state index contributed by atoms with van der Waals surface area (Å²) in [5.41, 5.74) is 2.39. The normalized spacial score (nSPS) is 12.7. The molecule has 0 bridgehead atoms. The van der Waals surface area contributed by atoms with E-state index in [4.69, 9.17) is 23.2 Å². The Bertz CT molecular complexity index is 728. The molecule has 1 aromatic heterocycles. The molecule has 23 heavy (non-hydrogen) atoms. The summed E-state index contributed by atoms with van der Waals surface area (Å²) in [7, 11) is 0. The minimum Gasteiger partial charge on any atom is -0.260 e. The van der Waals surface area contributed by atoms with Crippen molar-refractivity contribution in [1.82, 2.24) is 4.98 Å². The zero-order valence-electron chi connectivity index (χ0n) is 11.5. The van der Waals surface area contributed by atoms with Gasteiger partial charge in [-0.05, 0) is 17.7 Å². The Morgan fingerprint density at radius 2 is 1.91 bits per heavy atom. The molecule has 0 radical (unpaired) electrons. The van der Waals surface area contributed by atoms with Crippen molar-refractivity contribution in [3.05, 3.63) is 63.8 Å². The maximum absolute atomic E-state index is 12.5. The van der Waals surface area contributed by atoms with Gasteiger partial charge in [0.2, 0.25) is 0 Å². The molecular formula is C15H10Cl2F3N3. The van der Waals surface area contributed by atoms with Gasteiger partial charge in [-0.2, -0.15) is 18.3 Å². The molecule has 0 aliphatic heterocycles. The average Bonchev–Trinajstić information content (AvgIpc) is 2.49. The molecule has 0 saturated carbocycles. The van der Waals surface area contributed by atoms with Crippen molar-refractivity contribution in [2.45, 2.75) is 6.18 Å². The Kier molecular flexibility index (Phi) is 5.63. The van der Waals surface area contributed by atoms with E-state index < -0.39 is 11.7 Å². The molecule has 0 unspecified atom stereocenters. The van der Waals surface area contributed by atoms with Crippen molar-refractivity contribution < 1.29 is 13.2 Å². The molecule has 0 fully saturated rings. The van der Waals surface area contributed by atoms with Crippen molar-refractivity contribution in [3.63, 3.8) is 0 Å². The predicted molar refractivity (Wildman–Crippen MR) is 86.6 cm³/mol. The Hall–Kier alpha value is -2.05. The van der Waals surface area contributed by atoms with Gasteiger partial charge in [-0.3, -0.25) is 5.43 Å². The zero-order chi connectivity index (χ0) is 16.9. The molecule has 0 saturated heterocycles. The summed E-state index contributed by atoms with van der Waals surface area (Å²) < 4.78 is 37.5. The second-order valence-electron chi connectivity index (χ2n) is 4.36. The van der Waals surface area contributed by atoms with Gasteiger partial charge in [0, 0.05) is 6.20 Å². The molecule has 0 aliphatic rings. The average molecular weight is 360 g/mol. The molecule has 1 N–H and O–H groups in total. The molecule has 0 amide bonds. The lowest BCUT2D eigenvalue weighted by atomic mass is 10.2. The van der Waals surface area contributed by atoms with Crippen LogP contribution in [0.3, 0.4) is 0 Å². The van der Waals surface area contributed by atoms with Crippen molar-refractivity contribution in [1.29, 1.82) is 0 Å². The van der Waals surface area contributed by atoms with Gasteiger partial charge in [-0.25, -0.2) is 4.98 Å². The second kappa shape index (κ2) is 7.48. The molecule has 0 spiro atoms. The van der Waals surface area contributed by atoms with E-state index in [0.29, 0.717) is 11.2 Å². The van der Waals surface area contributed by atoms with Crippen LogP contribution in [0.2, 0.25) is 5.02 Å². The number of alkyl halides is 3. The molecule has 2 aromatic rings. The highest BCUT2D eigenvalue weighted by Gasteiger charge is 2.31. The number of pyridine rings is 1. The van der Waals surface area contributed by atoms with Gasteiger partial charge in [0.05, 0.1) is 21.8 Å². The van der Waals surface area contributed by atoms with E-state index in [1.54, 1.807) is 6.08 Å². The largest absolute Gasteiger partial charge is 0.417 e. The molecular weight excluding hydrogens is 350 g/mol. The van der Waals surface area contributed by atoms with Crippen molar-refractivity contribution >= 4 is 41.3 Å². The number of nitrogens with zero attached hydrogens (tertiary/aromatic N) is 2. The number of hydrogen-bond acceptors (Lipinski definition) is 3. The van der Waals surface area contributed by atoms with Gasteiger partial charge in [-0.1, -0.05) is 53.5 Å².